The lowest BCUT2D eigenvalue weighted by molar-refractivity contribution is -0.120. The van der Waals surface area contributed by atoms with Gasteiger partial charge in [0.1, 0.15) is 5.69 Å². The van der Waals surface area contributed by atoms with E-state index in [1.807, 2.05) is 6.07 Å². The Bertz CT molecular complexity index is 551. The van der Waals surface area contributed by atoms with Crippen molar-refractivity contribution in [1.29, 1.82) is 0 Å². The number of nitrogens with two attached hydrogens (primary N) is 1. The van der Waals surface area contributed by atoms with Crippen LogP contribution in [0.25, 0.3) is 0 Å². The molecule has 2 aromatic heterocycles. The van der Waals surface area contributed by atoms with Crippen LogP contribution in [-0.4, -0.2) is 27.4 Å². The Morgan fingerprint density at radius 3 is 3.06 bits per heavy atom. The Hall–Kier alpha value is -2.77. The van der Waals surface area contributed by atoms with Gasteiger partial charge in [0.2, 0.25) is 5.91 Å². The minimum Gasteiger partial charge on any atom is -0.379 e. The van der Waals surface area contributed by atoms with Gasteiger partial charge in [-0.3, -0.25) is 9.78 Å². The van der Waals surface area contributed by atoms with Crippen molar-refractivity contribution in [1.82, 2.24) is 20.7 Å². The number of amides is 1. The van der Waals surface area contributed by atoms with Crippen molar-refractivity contribution in [3.63, 3.8) is 0 Å². The van der Waals surface area contributed by atoms with E-state index in [1.165, 1.54) is 6.21 Å². The fourth-order valence-corrected chi connectivity index (χ4v) is 1.15. The van der Waals surface area contributed by atoms with Crippen molar-refractivity contribution in [2.75, 3.05) is 5.73 Å². The van der Waals surface area contributed by atoms with Crippen molar-refractivity contribution in [2.45, 2.75) is 6.42 Å². The first-order chi connectivity index (χ1) is 8.75. The number of nitrogen functional groups attached to an aromatic ring is 1. The van der Waals surface area contributed by atoms with E-state index in [9.17, 15) is 4.79 Å². The lowest BCUT2D eigenvalue weighted by atomic mass is 10.3. The molecule has 92 valence electrons. The van der Waals surface area contributed by atoms with Crippen molar-refractivity contribution >= 4 is 17.9 Å². The van der Waals surface area contributed by atoms with E-state index in [1.54, 1.807) is 18.3 Å². The summed E-state index contributed by atoms with van der Waals surface area (Å²) < 4.78 is 4.37. The van der Waals surface area contributed by atoms with Crippen molar-refractivity contribution in [3.8, 4) is 0 Å². The predicted molar refractivity (Wildman–Crippen MR) is 62.4 cm³/mol. The van der Waals surface area contributed by atoms with Gasteiger partial charge in [-0.25, -0.2) is 10.1 Å². The van der Waals surface area contributed by atoms with Gasteiger partial charge >= 0.3 is 0 Å². The second-order valence-electron chi connectivity index (χ2n) is 3.32. The van der Waals surface area contributed by atoms with Crippen LogP contribution in [0, 0.1) is 0 Å². The normalized spacial score (nSPS) is 10.7. The molecule has 0 bridgehead atoms. The number of nitrogens with zero attached hydrogens (tertiary/aromatic N) is 4. The predicted octanol–water partition coefficient (Wildman–Crippen LogP) is -0.260. The monoisotopic (exact) mass is 246 g/mol. The lowest BCUT2D eigenvalue weighted by Crippen LogP contribution is -2.20. The van der Waals surface area contributed by atoms with Crippen LogP contribution >= 0.6 is 0 Å². The Balaban J connectivity index is 1.86. The maximum atomic E-state index is 11.4. The largest absolute Gasteiger partial charge is 0.379 e. The summed E-state index contributed by atoms with van der Waals surface area (Å²) in [6.45, 7) is 0. The summed E-state index contributed by atoms with van der Waals surface area (Å²) in [4.78, 5) is 15.5. The molecule has 0 radical (unpaired) electrons. The van der Waals surface area contributed by atoms with E-state index in [2.05, 4.69) is 30.5 Å². The molecular formula is C10H10N6O2. The fraction of sp³-hybridized carbons (Fsp3) is 0.100. The maximum absolute atomic E-state index is 11.4. The molecule has 0 aliphatic rings. The SMILES string of the molecule is Nc1nonc1CC(=O)N/N=C\c1ccccn1. The third-order valence-corrected chi connectivity index (χ3v) is 1.99. The van der Waals surface area contributed by atoms with Crippen LogP contribution in [0.2, 0.25) is 0 Å². The van der Waals surface area contributed by atoms with Gasteiger partial charge in [0.15, 0.2) is 5.82 Å². The standard InChI is InChI=1S/C10H10N6O2/c11-10-8(15-18-16-10)5-9(17)14-13-6-7-3-1-2-4-12-7/h1-4,6H,5H2,(H2,11,16)(H,14,17)/b13-6-. The van der Waals surface area contributed by atoms with E-state index in [4.69, 9.17) is 5.73 Å². The van der Waals surface area contributed by atoms with Crippen LogP contribution in [0.1, 0.15) is 11.4 Å². The highest BCUT2D eigenvalue weighted by Crippen LogP contribution is 2.04. The summed E-state index contributed by atoms with van der Waals surface area (Å²) in [6.07, 6.45) is 3.02. The van der Waals surface area contributed by atoms with Gasteiger partial charge in [-0.2, -0.15) is 5.10 Å². The molecule has 0 aromatic carbocycles. The molecule has 2 heterocycles. The smallest absolute Gasteiger partial charge is 0.246 e. The lowest BCUT2D eigenvalue weighted by Gasteiger charge is -1.96. The summed E-state index contributed by atoms with van der Waals surface area (Å²) in [7, 11) is 0. The Labute approximate surface area is 102 Å². The number of carbonyl (C=O) groups is 1. The van der Waals surface area contributed by atoms with Crippen molar-refractivity contribution in [2.24, 2.45) is 5.10 Å². The Kier molecular flexibility index (Phi) is 3.59. The second kappa shape index (κ2) is 5.53. The third kappa shape index (κ3) is 3.11. The summed E-state index contributed by atoms with van der Waals surface area (Å²) in [5, 5.41) is 10.6. The average Bonchev–Trinajstić information content (AvgIpc) is 2.76. The van der Waals surface area contributed by atoms with E-state index in [0.29, 0.717) is 5.69 Å². The van der Waals surface area contributed by atoms with Gasteiger partial charge in [-0.15, -0.1) is 0 Å². The van der Waals surface area contributed by atoms with Crippen molar-refractivity contribution in [3.05, 3.63) is 35.8 Å². The van der Waals surface area contributed by atoms with Crippen LogP contribution in [-0.2, 0) is 11.2 Å². The van der Waals surface area contributed by atoms with Gasteiger partial charge in [-0.05, 0) is 17.3 Å². The number of aromatic nitrogens is 3. The first kappa shape index (κ1) is 11.7. The van der Waals surface area contributed by atoms with Gasteiger partial charge in [0.05, 0.1) is 18.3 Å². The molecule has 0 atom stereocenters. The highest BCUT2D eigenvalue weighted by atomic mass is 16.6. The van der Waals surface area contributed by atoms with Crippen LogP contribution < -0.4 is 11.2 Å². The van der Waals surface area contributed by atoms with Gasteiger partial charge in [0, 0.05) is 6.20 Å². The number of anilines is 1. The number of carbonyl (C=O) groups excluding carboxylic acids is 1. The van der Waals surface area contributed by atoms with E-state index < -0.39 is 0 Å². The first-order valence-electron chi connectivity index (χ1n) is 5.05. The zero-order valence-electron chi connectivity index (χ0n) is 9.28. The molecule has 2 rings (SSSR count). The van der Waals surface area contributed by atoms with Crippen LogP contribution in [0.4, 0.5) is 5.82 Å². The average molecular weight is 246 g/mol. The molecule has 2 aromatic rings. The van der Waals surface area contributed by atoms with Gasteiger partial charge in [0.25, 0.3) is 0 Å². The molecule has 8 heteroatoms. The molecule has 1 amide bonds. The highest BCUT2D eigenvalue weighted by molar-refractivity contribution is 5.82. The quantitative estimate of drug-likeness (QED) is 0.566. The minimum absolute atomic E-state index is 0.0467. The molecular weight excluding hydrogens is 236 g/mol. The number of hydrazone groups is 1. The molecule has 0 saturated heterocycles. The van der Waals surface area contributed by atoms with Crippen LogP contribution in [0.5, 0.6) is 0 Å². The summed E-state index contributed by atoms with van der Waals surface area (Å²) >= 11 is 0. The topological polar surface area (TPSA) is 119 Å². The Morgan fingerprint density at radius 2 is 2.39 bits per heavy atom. The Morgan fingerprint density at radius 1 is 1.50 bits per heavy atom. The summed E-state index contributed by atoms with van der Waals surface area (Å²) in [5.41, 5.74) is 8.65. The minimum atomic E-state index is -0.371. The van der Waals surface area contributed by atoms with Crippen LogP contribution in [0.3, 0.4) is 0 Å². The number of pyridine rings is 1. The number of hydrogen-bond acceptors (Lipinski definition) is 7. The molecule has 0 aliphatic heterocycles. The van der Waals surface area contributed by atoms with E-state index in [0.717, 1.165) is 0 Å². The molecule has 18 heavy (non-hydrogen) atoms. The molecule has 0 saturated carbocycles. The second-order valence-corrected chi connectivity index (χ2v) is 3.32. The molecule has 8 nitrogen and oxygen atoms in total. The zero-order chi connectivity index (χ0) is 12.8. The maximum Gasteiger partial charge on any atom is 0.246 e. The molecule has 0 aliphatic carbocycles. The third-order valence-electron chi connectivity index (χ3n) is 1.99. The summed E-state index contributed by atoms with van der Waals surface area (Å²) in [5.74, 6) is -0.275. The van der Waals surface area contributed by atoms with E-state index in [-0.39, 0.29) is 23.8 Å². The number of rotatable bonds is 4. The molecule has 0 unspecified atom stereocenters. The highest BCUT2D eigenvalue weighted by Gasteiger charge is 2.10. The molecule has 3 N–H and O–H groups in total. The van der Waals surface area contributed by atoms with Gasteiger partial charge in [-0.1, -0.05) is 11.2 Å². The number of hydrogen-bond donors (Lipinski definition) is 2. The van der Waals surface area contributed by atoms with Crippen LogP contribution in [0.15, 0.2) is 34.1 Å². The number of nitrogens with one attached hydrogen (secondary N) is 1. The molecule has 0 spiro atoms. The zero-order valence-corrected chi connectivity index (χ0v) is 9.28. The van der Waals surface area contributed by atoms with E-state index >= 15 is 0 Å². The fourth-order valence-electron chi connectivity index (χ4n) is 1.15. The van der Waals surface area contributed by atoms with Crippen molar-refractivity contribution < 1.29 is 9.42 Å². The van der Waals surface area contributed by atoms with Gasteiger partial charge < -0.3 is 5.73 Å². The molecule has 0 fully saturated rings. The summed E-state index contributed by atoms with van der Waals surface area (Å²) in [6, 6.07) is 5.36. The first-order valence-corrected chi connectivity index (χ1v) is 5.05.